The van der Waals surface area contributed by atoms with Gasteiger partial charge in [0.25, 0.3) is 20.2 Å². The van der Waals surface area contributed by atoms with E-state index in [0.29, 0.717) is 44.3 Å². The second-order valence-electron chi connectivity index (χ2n) is 9.77. The molecule has 44 heavy (non-hydrogen) atoms. The molecule has 220 valence electrons. The van der Waals surface area contributed by atoms with Crippen molar-refractivity contribution >= 4 is 86.7 Å². The van der Waals surface area contributed by atoms with Crippen molar-refractivity contribution in [2.75, 3.05) is 11.5 Å². The SMILES string of the molecule is Nc1ccc(N=Nc2cc(S(=O)(=O)O)cc3c(N=Nc4ccc(N)c5ccccc45)cc(S(=O)(=O)O)cc23)c2ccccc12. The maximum Gasteiger partial charge on any atom is 0.294 e. The molecule has 0 aliphatic rings. The lowest BCUT2D eigenvalue weighted by Gasteiger charge is -2.10. The van der Waals surface area contributed by atoms with Crippen molar-refractivity contribution in [2.24, 2.45) is 20.5 Å². The number of benzene rings is 6. The van der Waals surface area contributed by atoms with Gasteiger partial charge in [0.1, 0.15) is 0 Å². The molecule has 0 fully saturated rings. The number of hydrogen-bond donors (Lipinski definition) is 4. The maximum absolute atomic E-state index is 12.3. The Balaban J connectivity index is 1.60. The lowest BCUT2D eigenvalue weighted by atomic mass is 10.1. The van der Waals surface area contributed by atoms with Gasteiger partial charge in [0.15, 0.2) is 0 Å². The highest BCUT2D eigenvalue weighted by atomic mass is 32.2. The first-order valence-corrected chi connectivity index (χ1v) is 15.7. The number of azo groups is 2. The van der Waals surface area contributed by atoms with Crippen molar-refractivity contribution in [3.8, 4) is 0 Å². The fourth-order valence-electron chi connectivity index (χ4n) is 4.84. The first kappa shape index (κ1) is 28.8. The normalized spacial score (nSPS) is 12.7. The highest BCUT2D eigenvalue weighted by molar-refractivity contribution is 7.86. The molecule has 0 spiro atoms. The predicted molar refractivity (Wildman–Crippen MR) is 169 cm³/mol. The molecule has 14 heteroatoms. The Morgan fingerprint density at radius 2 is 0.773 bits per heavy atom. The fraction of sp³-hybridized carbons (Fsp3) is 0. The van der Waals surface area contributed by atoms with Crippen LogP contribution in [0.1, 0.15) is 0 Å². The number of hydrogen-bond acceptors (Lipinski definition) is 10. The minimum Gasteiger partial charge on any atom is -0.398 e. The van der Waals surface area contributed by atoms with Crippen LogP contribution in [0, 0.1) is 0 Å². The summed E-state index contributed by atoms with van der Waals surface area (Å²) in [5.74, 6) is 0. The minimum absolute atomic E-state index is 0.0622. The third kappa shape index (κ3) is 5.45. The van der Waals surface area contributed by atoms with E-state index in [1.165, 1.54) is 0 Å². The quantitative estimate of drug-likeness (QED) is 0.0817. The number of nitrogens with two attached hydrogens (primary N) is 2. The van der Waals surface area contributed by atoms with E-state index in [0.717, 1.165) is 24.3 Å². The van der Waals surface area contributed by atoms with Gasteiger partial charge in [0.2, 0.25) is 0 Å². The zero-order valence-corrected chi connectivity index (χ0v) is 24.2. The molecule has 6 aromatic rings. The van der Waals surface area contributed by atoms with Crippen molar-refractivity contribution < 1.29 is 25.9 Å². The predicted octanol–water partition coefficient (Wildman–Crippen LogP) is 7.63. The van der Waals surface area contributed by atoms with Crippen LogP contribution in [0.3, 0.4) is 0 Å². The summed E-state index contributed by atoms with van der Waals surface area (Å²) >= 11 is 0. The molecule has 0 saturated heterocycles. The third-order valence-corrected chi connectivity index (χ3v) is 8.63. The molecular weight excluding hydrogens is 605 g/mol. The molecule has 0 aromatic heterocycles. The second kappa shape index (κ2) is 10.8. The van der Waals surface area contributed by atoms with Crippen molar-refractivity contribution in [1.29, 1.82) is 0 Å². The smallest absolute Gasteiger partial charge is 0.294 e. The minimum atomic E-state index is -4.77. The Labute approximate surface area is 250 Å². The zero-order valence-electron chi connectivity index (χ0n) is 22.5. The van der Waals surface area contributed by atoms with E-state index in [1.807, 2.05) is 12.1 Å². The summed E-state index contributed by atoms with van der Waals surface area (Å²) in [7, 11) is -9.54. The van der Waals surface area contributed by atoms with Gasteiger partial charge in [-0.3, -0.25) is 9.11 Å². The van der Waals surface area contributed by atoms with Crippen LogP contribution in [-0.2, 0) is 20.2 Å². The summed E-state index contributed by atoms with van der Waals surface area (Å²) in [6.45, 7) is 0. The van der Waals surface area contributed by atoms with Gasteiger partial charge in [-0.2, -0.15) is 16.8 Å². The monoisotopic (exact) mass is 626 g/mol. The van der Waals surface area contributed by atoms with Gasteiger partial charge in [-0.05, 0) is 48.5 Å². The Hall–Kier alpha value is -5.28. The summed E-state index contributed by atoms with van der Waals surface area (Å²) in [6.07, 6.45) is 0. The van der Waals surface area contributed by atoms with Crippen molar-refractivity contribution in [3.05, 3.63) is 97.1 Å². The molecule has 0 aliphatic carbocycles. The Bertz CT molecular complexity index is 2260. The van der Waals surface area contributed by atoms with E-state index >= 15 is 0 Å². The molecule has 0 aliphatic heterocycles. The highest BCUT2D eigenvalue weighted by Crippen LogP contribution is 2.40. The average molecular weight is 627 g/mol. The van der Waals surface area contributed by atoms with E-state index in [9.17, 15) is 25.9 Å². The first-order valence-electron chi connectivity index (χ1n) is 12.8. The van der Waals surface area contributed by atoms with Crippen LogP contribution in [0.15, 0.2) is 127 Å². The largest absolute Gasteiger partial charge is 0.398 e. The molecule has 0 unspecified atom stereocenters. The molecule has 0 heterocycles. The zero-order chi connectivity index (χ0) is 31.2. The molecule has 0 saturated carbocycles. The lowest BCUT2D eigenvalue weighted by Crippen LogP contribution is -2.00. The number of anilines is 2. The van der Waals surface area contributed by atoms with Crippen molar-refractivity contribution in [2.45, 2.75) is 9.79 Å². The van der Waals surface area contributed by atoms with Crippen LogP contribution in [0.5, 0.6) is 0 Å². The van der Waals surface area contributed by atoms with Crippen LogP contribution in [0.2, 0.25) is 0 Å². The van der Waals surface area contributed by atoms with E-state index < -0.39 is 30.0 Å². The van der Waals surface area contributed by atoms with Gasteiger partial charge in [-0.25, -0.2) is 0 Å². The van der Waals surface area contributed by atoms with Crippen LogP contribution < -0.4 is 11.5 Å². The summed E-state index contributed by atoms with van der Waals surface area (Å²) < 4.78 is 69.0. The topological polar surface area (TPSA) is 210 Å². The molecule has 6 N–H and O–H groups in total. The van der Waals surface area contributed by atoms with Crippen LogP contribution in [-0.4, -0.2) is 25.9 Å². The van der Waals surface area contributed by atoms with E-state index in [-0.39, 0.29) is 22.1 Å². The van der Waals surface area contributed by atoms with Gasteiger partial charge in [0, 0.05) is 43.7 Å². The summed E-state index contributed by atoms with van der Waals surface area (Å²) in [5.41, 5.74) is 13.7. The van der Waals surface area contributed by atoms with E-state index in [2.05, 4.69) is 20.5 Å². The molecule has 0 radical (unpaired) electrons. The Kier molecular flexibility index (Phi) is 7.05. The van der Waals surface area contributed by atoms with Gasteiger partial charge in [-0.15, -0.1) is 20.5 Å². The van der Waals surface area contributed by atoms with Gasteiger partial charge >= 0.3 is 0 Å². The summed E-state index contributed by atoms with van der Waals surface area (Å²) in [5, 5.41) is 19.9. The highest BCUT2D eigenvalue weighted by Gasteiger charge is 2.20. The van der Waals surface area contributed by atoms with Crippen LogP contribution >= 0.6 is 0 Å². The molecule has 0 bridgehead atoms. The Morgan fingerprint density at radius 3 is 1.14 bits per heavy atom. The number of fused-ring (bicyclic) bond motifs is 3. The molecule has 0 atom stereocenters. The lowest BCUT2D eigenvalue weighted by molar-refractivity contribution is 0.481. The van der Waals surface area contributed by atoms with E-state index in [1.54, 1.807) is 60.7 Å². The average Bonchev–Trinajstić information content (AvgIpc) is 2.99. The van der Waals surface area contributed by atoms with Crippen LogP contribution in [0.4, 0.5) is 34.1 Å². The molecule has 6 aromatic carbocycles. The standard InChI is InChI=1S/C30H22N6O6S2/c31-25-9-11-27(21-7-3-1-5-19(21)25)33-35-29-15-17(43(37,38)39)14-24-23(29)13-18(44(40,41)42)16-30(24)36-34-28-12-10-26(32)20-6-2-4-8-22(20)28/h1-16H,31-32H2,(H,37,38,39)(H,40,41,42). The number of rotatable bonds is 6. The Morgan fingerprint density at radius 1 is 0.432 bits per heavy atom. The fourth-order valence-corrected chi connectivity index (χ4v) is 5.89. The maximum atomic E-state index is 12.3. The second-order valence-corrected chi connectivity index (χ2v) is 12.6. The molecule has 0 amide bonds. The van der Waals surface area contributed by atoms with Gasteiger partial charge < -0.3 is 11.5 Å². The van der Waals surface area contributed by atoms with Crippen molar-refractivity contribution in [3.63, 3.8) is 0 Å². The number of nitrogen functional groups attached to an aromatic ring is 2. The number of nitrogens with zero attached hydrogens (tertiary/aromatic N) is 4. The third-order valence-electron chi connectivity index (χ3n) is 6.97. The summed E-state index contributed by atoms with van der Waals surface area (Å²) in [4.78, 5) is -1.09. The molecule has 6 rings (SSSR count). The van der Waals surface area contributed by atoms with Gasteiger partial charge in [-0.1, -0.05) is 48.5 Å². The molecule has 12 nitrogen and oxygen atoms in total. The molecular formula is C30H22N6O6S2. The summed E-state index contributed by atoms with van der Waals surface area (Å²) in [6, 6.07) is 25.1. The van der Waals surface area contributed by atoms with Crippen molar-refractivity contribution in [1.82, 2.24) is 0 Å². The first-order chi connectivity index (χ1) is 20.9. The van der Waals surface area contributed by atoms with E-state index in [4.69, 9.17) is 11.5 Å². The van der Waals surface area contributed by atoms with Gasteiger partial charge in [0.05, 0.1) is 32.5 Å². The van der Waals surface area contributed by atoms with Crippen LogP contribution in [0.25, 0.3) is 32.3 Å².